The maximum atomic E-state index is 15.4. The lowest BCUT2D eigenvalue weighted by molar-refractivity contribution is -0.182. The van der Waals surface area contributed by atoms with E-state index in [2.05, 4.69) is 17.0 Å². The van der Waals surface area contributed by atoms with Gasteiger partial charge in [0.2, 0.25) is 0 Å². The minimum absolute atomic E-state index is 0.0193. The Labute approximate surface area is 183 Å². The Hall–Kier alpha value is -2.39. The van der Waals surface area contributed by atoms with Crippen molar-refractivity contribution in [3.05, 3.63) is 29.0 Å². The Bertz CT molecular complexity index is 998. The molecule has 0 spiro atoms. The van der Waals surface area contributed by atoms with E-state index in [0.717, 1.165) is 12.1 Å². The molecule has 4 rings (SSSR count). The summed E-state index contributed by atoms with van der Waals surface area (Å²) in [6, 6.07) is 1.85. The summed E-state index contributed by atoms with van der Waals surface area (Å²) in [6.07, 6.45) is -3.40. The van der Waals surface area contributed by atoms with Crippen molar-refractivity contribution in [3.8, 4) is 0 Å². The number of aryl methyl sites for hydroxylation is 1. The van der Waals surface area contributed by atoms with E-state index in [4.69, 9.17) is 4.74 Å². The number of hydrogen-bond donors (Lipinski definition) is 0. The highest BCUT2D eigenvalue weighted by Crippen LogP contribution is 2.43. The molecule has 1 aliphatic carbocycles. The predicted molar refractivity (Wildman–Crippen MR) is 109 cm³/mol. The lowest BCUT2D eigenvalue weighted by atomic mass is 9.80. The van der Waals surface area contributed by atoms with Crippen LogP contribution in [0.15, 0.2) is 6.07 Å². The number of piperidine rings is 1. The summed E-state index contributed by atoms with van der Waals surface area (Å²) in [6.45, 7) is 4.86. The average molecular weight is 456 g/mol. The monoisotopic (exact) mass is 456 g/mol. The lowest BCUT2D eigenvalue weighted by Crippen LogP contribution is -2.42. The van der Waals surface area contributed by atoms with E-state index in [1.165, 1.54) is 11.6 Å². The van der Waals surface area contributed by atoms with Crippen molar-refractivity contribution in [2.45, 2.75) is 64.0 Å². The first-order valence-corrected chi connectivity index (χ1v) is 11.1. The number of fused-ring (bicyclic) bond motifs is 1. The Morgan fingerprint density at radius 1 is 1.19 bits per heavy atom. The summed E-state index contributed by atoms with van der Waals surface area (Å²) in [5.74, 6) is -2.13. The number of hydrogen-bond acceptors (Lipinski definition) is 4. The lowest BCUT2D eigenvalue weighted by Gasteiger charge is -2.36. The molecule has 2 fully saturated rings. The molecule has 0 aromatic carbocycles. The summed E-state index contributed by atoms with van der Waals surface area (Å²) in [4.78, 5) is 18.0. The van der Waals surface area contributed by atoms with Crippen LogP contribution in [0.3, 0.4) is 0 Å². The SMILES string of the molecule is COC(=O)N1CC[C@H](C)[C@@H](c2cc(C)nc3c(F)c(C4CCC(C(F)(F)F)CC4)nn23)C1. The summed E-state index contributed by atoms with van der Waals surface area (Å²) >= 11 is 0. The van der Waals surface area contributed by atoms with Gasteiger partial charge in [-0.1, -0.05) is 6.92 Å². The third kappa shape index (κ3) is 4.15. The fraction of sp³-hybridized carbons (Fsp3) is 0.682. The van der Waals surface area contributed by atoms with Gasteiger partial charge in [0.25, 0.3) is 0 Å². The number of methoxy groups -OCH3 is 1. The standard InChI is InChI=1S/C22H28F4N4O2/c1-12-8-9-29(21(31)32-3)11-16(12)17-10-13(2)27-20-18(23)19(28-30(17)20)14-4-6-15(7-5-14)22(24,25)26/h10,12,14-16H,4-9,11H2,1-3H3/t12-,14?,15?,16-/m0/s1. The van der Waals surface area contributed by atoms with E-state index in [1.54, 1.807) is 11.8 Å². The van der Waals surface area contributed by atoms with Crippen LogP contribution in [0.5, 0.6) is 0 Å². The number of ether oxygens (including phenoxy) is 1. The zero-order valence-corrected chi connectivity index (χ0v) is 18.5. The molecule has 176 valence electrons. The minimum Gasteiger partial charge on any atom is -0.453 e. The van der Waals surface area contributed by atoms with Gasteiger partial charge in [-0.05, 0) is 51.0 Å². The molecule has 10 heteroatoms. The van der Waals surface area contributed by atoms with Crippen LogP contribution in [0.1, 0.15) is 67.9 Å². The zero-order valence-electron chi connectivity index (χ0n) is 18.5. The van der Waals surface area contributed by atoms with E-state index in [1.807, 2.05) is 6.07 Å². The molecule has 0 radical (unpaired) electrons. The van der Waals surface area contributed by atoms with Crippen molar-refractivity contribution in [3.63, 3.8) is 0 Å². The Morgan fingerprint density at radius 2 is 1.88 bits per heavy atom. The van der Waals surface area contributed by atoms with Crippen LogP contribution >= 0.6 is 0 Å². The second-order valence-electron chi connectivity index (χ2n) is 9.14. The first kappa shape index (κ1) is 22.8. The normalized spacial score (nSPS) is 27.0. The van der Waals surface area contributed by atoms with Gasteiger partial charge in [-0.3, -0.25) is 0 Å². The van der Waals surface area contributed by atoms with Crippen LogP contribution in [-0.2, 0) is 4.74 Å². The van der Waals surface area contributed by atoms with Crippen molar-refractivity contribution < 1.29 is 27.1 Å². The molecule has 1 saturated heterocycles. The molecule has 2 aromatic heterocycles. The minimum atomic E-state index is -4.21. The number of carbonyl (C=O) groups excluding carboxylic acids is 1. The predicted octanol–water partition coefficient (Wildman–Crippen LogP) is 5.20. The van der Waals surface area contributed by atoms with Crippen LogP contribution < -0.4 is 0 Å². The van der Waals surface area contributed by atoms with E-state index < -0.39 is 24.0 Å². The number of alkyl halides is 3. The van der Waals surface area contributed by atoms with Gasteiger partial charge in [-0.25, -0.2) is 18.7 Å². The van der Waals surface area contributed by atoms with Gasteiger partial charge in [0.05, 0.1) is 18.7 Å². The number of amides is 1. The molecule has 1 amide bonds. The molecule has 32 heavy (non-hydrogen) atoms. The third-order valence-corrected chi connectivity index (χ3v) is 7.06. The van der Waals surface area contributed by atoms with Crippen LogP contribution in [-0.4, -0.2) is 52.0 Å². The maximum absolute atomic E-state index is 15.4. The highest BCUT2D eigenvalue weighted by molar-refractivity contribution is 5.67. The molecule has 2 atom stereocenters. The number of carbonyl (C=O) groups is 1. The molecule has 2 aliphatic rings. The van der Waals surface area contributed by atoms with Crippen LogP contribution in [0, 0.1) is 24.6 Å². The third-order valence-electron chi connectivity index (χ3n) is 7.06. The second-order valence-corrected chi connectivity index (χ2v) is 9.14. The molecule has 2 aromatic rings. The Balaban J connectivity index is 1.68. The largest absolute Gasteiger partial charge is 0.453 e. The molecule has 6 nitrogen and oxygen atoms in total. The summed E-state index contributed by atoms with van der Waals surface area (Å²) in [7, 11) is 1.34. The van der Waals surface area contributed by atoms with Crippen molar-refractivity contribution in [2.75, 3.05) is 20.2 Å². The highest BCUT2D eigenvalue weighted by Gasteiger charge is 2.42. The smallest absolute Gasteiger partial charge is 0.409 e. The number of rotatable bonds is 2. The Morgan fingerprint density at radius 3 is 2.50 bits per heavy atom. The van der Waals surface area contributed by atoms with Crippen LogP contribution in [0.4, 0.5) is 22.4 Å². The fourth-order valence-electron chi connectivity index (χ4n) is 5.13. The van der Waals surface area contributed by atoms with E-state index in [-0.39, 0.29) is 54.8 Å². The van der Waals surface area contributed by atoms with Crippen LogP contribution in [0.25, 0.3) is 5.65 Å². The summed E-state index contributed by atoms with van der Waals surface area (Å²) in [5, 5.41) is 4.53. The van der Waals surface area contributed by atoms with Crippen molar-refractivity contribution in [1.82, 2.24) is 19.5 Å². The number of halogens is 4. The Kier molecular flexibility index (Phi) is 6.06. The topological polar surface area (TPSA) is 59.7 Å². The van der Waals surface area contributed by atoms with E-state index in [9.17, 15) is 18.0 Å². The van der Waals surface area contributed by atoms with Crippen molar-refractivity contribution in [2.24, 2.45) is 11.8 Å². The first-order chi connectivity index (χ1) is 15.1. The molecular formula is C22H28F4N4O2. The summed E-state index contributed by atoms with van der Waals surface area (Å²) in [5.41, 5.74) is 1.66. The zero-order chi connectivity index (χ0) is 23.2. The van der Waals surface area contributed by atoms with E-state index in [0.29, 0.717) is 18.8 Å². The van der Waals surface area contributed by atoms with Gasteiger partial charge < -0.3 is 9.64 Å². The first-order valence-electron chi connectivity index (χ1n) is 11.1. The van der Waals surface area contributed by atoms with Gasteiger partial charge in [-0.15, -0.1) is 0 Å². The molecule has 1 saturated carbocycles. The van der Waals surface area contributed by atoms with E-state index >= 15 is 4.39 Å². The van der Waals surface area contributed by atoms with Gasteiger partial charge in [0, 0.05) is 30.6 Å². The average Bonchev–Trinajstić information content (AvgIpc) is 3.09. The quantitative estimate of drug-likeness (QED) is 0.583. The molecule has 1 aliphatic heterocycles. The second kappa shape index (κ2) is 8.51. The molecule has 0 N–H and O–H groups in total. The van der Waals surface area contributed by atoms with Gasteiger partial charge in [-0.2, -0.15) is 18.3 Å². The molecule has 3 heterocycles. The molecular weight excluding hydrogens is 428 g/mol. The number of likely N-dealkylation sites (tertiary alicyclic amines) is 1. The number of aromatic nitrogens is 3. The van der Waals surface area contributed by atoms with Gasteiger partial charge in [0.15, 0.2) is 11.5 Å². The molecule has 0 unspecified atom stereocenters. The van der Waals surface area contributed by atoms with Crippen LogP contribution in [0.2, 0.25) is 0 Å². The highest BCUT2D eigenvalue weighted by atomic mass is 19.4. The summed E-state index contributed by atoms with van der Waals surface area (Å²) < 4.78 is 60.8. The molecule has 0 bridgehead atoms. The van der Waals surface area contributed by atoms with Crippen molar-refractivity contribution in [1.29, 1.82) is 0 Å². The van der Waals surface area contributed by atoms with Gasteiger partial charge >= 0.3 is 12.3 Å². The van der Waals surface area contributed by atoms with Gasteiger partial charge in [0.1, 0.15) is 5.69 Å². The maximum Gasteiger partial charge on any atom is 0.409 e. The fourth-order valence-corrected chi connectivity index (χ4v) is 5.13. The number of nitrogens with zero attached hydrogens (tertiary/aromatic N) is 4. The van der Waals surface area contributed by atoms with Crippen molar-refractivity contribution >= 4 is 11.7 Å².